The average Bonchev–Trinajstić information content (AvgIpc) is 2.26. The number of hydrogen-bond acceptors (Lipinski definition) is 2. The van der Waals surface area contributed by atoms with Crippen LogP contribution in [0.2, 0.25) is 0 Å². The molecular weight excluding hydrogens is 263 g/mol. The molecule has 0 heterocycles. The maximum atomic E-state index is 13.1. The number of nitrogens with one attached hydrogen (secondary N) is 1. The average molecular weight is 271 g/mol. The highest BCUT2D eigenvalue weighted by Gasteiger charge is 2.15. The number of carbonyl (C=O) groups excluding carboxylic acids is 1. The van der Waals surface area contributed by atoms with Crippen molar-refractivity contribution in [1.82, 2.24) is 5.32 Å². The molecule has 0 bridgehead atoms. The molecule has 0 fully saturated rings. The summed E-state index contributed by atoms with van der Waals surface area (Å²) >= 11 is 3.17. The molecule has 0 aliphatic carbocycles. The normalized spacial score (nSPS) is 9.47. The molecule has 0 saturated heterocycles. The Hall–Kier alpha value is -1.41. The summed E-state index contributed by atoms with van der Waals surface area (Å²) in [6.45, 7) is 0. The van der Waals surface area contributed by atoms with Gasteiger partial charge in [0.1, 0.15) is 5.82 Å². The number of hydrogen-bond donors (Lipinski definition) is 1. The Kier molecular flexibility index (Phi) is 3.81. The standard InChI is InChI=1S/C10H8BrFN2O/c1-14-10(15)8-3-7(12)2-6(5-13)9(8)4-11/h2-3H,4H2,1H3,(H,14,15). The molecule has 0 spiro atoms. The monoisotopic (exact) mass is 270 g/mol. The molecule has 0 saturated carbocycles. The van der Waals surface area contributed by atoms with Gasteiger partial charge in [0.05, 0.1) is 11.6 Å². The Morgan fingerprint density at radius 1 is 1.67 bits per heavy atom. The lowest BCUT2D eigenvalue weighted by Crippen LogP contribution is -2.20. The van der Waals surface area contributed by atoms with Gasteiger partial charge in [-0.25, -0.2) is 4.39 Å². The summed E-state index contributed by atoms with van der Waals surface area (Å²) in [5, 5.41) is 11.5. The van der Waals surface area contributed by atoms with E-state index in [9.17, 15) is 9.18 Å². The lowest BCUT2D eigenvalue weighted by atomic mass is 10.0. The van der Waals surface area contributed by atoms with Gasteiger partial charge < -0.3 is 5.32 Å². The molecule has 0 atom stereocenters. The van der Waals surface area contributed by atoms with Crippen molar-refractivity contribution < 1.29 is 9.18 Å². The van der Waals surface area contributed by atoms with Crippen LogP contribution in [0.4, 0.5) is 4.39 Å². The summed E-state index contributed by atoms with van der Waals surface area (Å²) in [5.74, 6) is -0.990. The number of carbonyl (C=O) groups is 1. The number of nitriles is 1. The van der Waals surface area contributed by atoms with Gasteiger partial charge in [-0.15, -0.1) is 0 Å². The summed E-state index contributed by atoms with van der Waals surface area (Å²) in [5.41, 5.74) is 0.856. The van der Waals surface area contributed by atoms with Gasteiger partial charge in [0, 0.05) is 17.9 Å². The van der Waals surface area contributed by atoms with Crippen LogP contribution in [-0.2, 0) is 5.33 Å². The fraction of sp³-hybridized carbons (Fsp3) is 0.200. The van der Waals surface area contributed by atoms with Crippen molar-refractivity contribution >= 4 is 21.8 Å². The Bertz CT molecular complexity index is 440. The Morgan fingerprint density at radius 3 is 2.80 bits per heavy atom. The van der Waals surface area contributed by atoms with Crippen LogP contribution >= 0.6 is 15.9 Å². The lowest BCUT2D eigenvalue weighted by molar-refractivity contribution is 0.0962. The van der Waals surface area contributed by atoms with Crippen LogP contribution in [0.25, 0.3) is 0 Å². The molecule has 3 nitrogen and oxygen atoms in total. The van der Waals surface area contributed by atoms with E-state index in [0.29, 0.717) is 10.9 Å². The smallest absolute Gasteiger partial charge is 0.251 e. The number of amides is 1. The van der Waals surface area contributed by atoms with Gasteiger partial charge in [0.2, 0.25) is 0 Å². The summed E-state index contributed by atoms with van der Waals surface area (Å²) in [6, 6.07) is 4.09. The van der Waals surface area contributed by atoms with Crippen LogP contribution in [-0.4, -0.2) is 13.0 Å². The van der Waals surface area contributed by atoms with Gasteiger partial charge in [-0.2, -0.15) is 5.26 Å². The quantitative estimate of drug-likeness (QED) is 0.836. The molecule has 78 valence electrons. The van der Waals surface area contributed by atoms with Crippen molar-refractivity contribution in [3.05, 3.63) is 34.6 Å². The van der Waals surface area contributed by atoms with Gasteiger partial charge in [0.15, 0.2) is 0 Å². The minimum absolute atomic E-state index is 0.172. The van der Waals surface area contributed by atoms with Crippen molar-refractivity contribution in [2.45, 2.75) is 5.33 Å². The highest BCUT2D eigenvalue weighted by Crippen LogP contribution is 2.19. The van der Waals surface area contributed by atoms with E-state index in [2.05, 4.69) is 21.2 Å². The highest BCUT2D eigenvalue weighted by molar-refractivity contribution is 9.08. The maximum Gasteiger partial charge on any atom is 0.251 e. The topological polar surface area (TPSA) is 52.9 Å². The zero-order chi connectivity index (χ0) is 11.4. The molecule has 0 unspecified atom stereocenters. The fourth-order valence-corrected chi connectivity index (χ4v) is 1.82. The molecule has 1 aromatic carbocycles. The molecule has 0 radical (unpaired) electrons. The third-order valence-electron chi connectivity index (χ3n) is 1.94. The fourth-order valence-electron chi connectivity index (χ4n) is 1.22. The van der Waals surface area contributed by atoms with E-state index in [-0.39, 0.29) is 11.1 Å². The summed E-state index contributed by atoms with van der Waals surface area (Å²) in [6.07, 6.45) is 0. The minimum Gasteiger partial charge on any atom is -0.355 e. The van der Waals surface area contributed by atoms with Crippen LogP contribution in [0, 0.1) is 17.1 Å². The van der Waals surface area contributed by atoms with Crippen LogP contribution in [0.15, 0.2) is 12.1 Å². The van der Waals surface area contributed by atoms with Crippen LogP contribution in [0.1, 0.15) is 21.5 Å². The molecule has 1 N–H and O–H groups in total. The van der Waals surface area contributed by atoms with Crippen LogP contribution in [0.3, 0.4) is 0 Å². The Morgan fingerprint density at radius 2 is 2.33 bits per heavy atom. The van der Waals surface area contributed by atoms with Crippen molar-refractivity contribution in [1.29, 1.82) is 5.26 Å². The Balaban J connectivity index is 3.43. The van der Waals surface area contributed by atoms with Crippen molar-refractivity contribution in [2.24, 2.45) is 0 Å². The zero-order valence-electron chi connectivity index (χ0n) is 7.97. The van der Waals surface area contributed by atoms with Gasteiger partial charge in [-0.05, 0) is 17.7 Å². The molecule has 0 aliphatic heterocycles. The van der Waals surface area contributed by atoms with Crippen LogP contribution in [0.5, 0.6) is 0 Å². The van der Waals surface area contributed by atoms with E-state index in [0.717, 1.165) is 12.1 Å². The summed E-state index contributed by atoms with van der Waals surface area (Å²) < 4.78 is 13.1. The maximum absolute atomic E-state index is 13.1. The van der Waals surface area contributed by atoms with E-state index in [1.54, 1.807) is 0 Å². The van der Waals surface area contributed by atoms with E-state index in [4.69, 9.17) is 5.26 Å². The van der Waals surface area contributed by atoms with Crippen molar-refractivity contribution in [3.8, 4) is 6.07 Å². The molecule has 1 aromatic rings. The molecule has 1 rings (SSSR count). The van der Waals surface area contributed by atoms with E-state index < -0.39 is 11.7 Å². The molecule has 5 heteroatoms. The molecular formula is C10H8BrFN2O. The first-order valence-electron chi connectivity index (χ1n) is 4.14. The zero-order valence-corrected chi connectivity index (χ0v) is 9.56. The van der Waals surface area contributed by atoms with Gasteiger partial charge >= 0.3 is 0 Å². The van der Waals surface area contributed by atoms with E-state index in [1.165, 1.54) is 7.05 Å². The number of halogens is 2. The third-order valence-corrected chi connectivity index (χ3v) is 2.50. The van der Waals surface area contributed by atoms with E-state index in [1.807, 2.05) is 6.07 Å². The molecule has 1 amide bonds. The van der Waals surface area contributed by atoms with Crippen molar-refractivity contribution in [2.75, 3.05) is 7.05 Å². The summed E-state index contributed by atoms with van der Waals surface area (Å²) in [4.78, 5) is 11.4. The van der Waals surface area contributed by atoms with Gasteiger partial charge in [-0.1, -0.05) is 15.9 Å². The SMILES string of the molecule is CNC(=O)c1cc(F)cc(C#N)c1CBr. The Labute approximate surface area is 95.0 Å². The summed E-state index contributed by atoms with van der Waals surface area (Å²) in [7, 11) is 1.46. The minimum atomic E-state index is -0.588. The molecule has 15 heavy (non-hydrogen) atoms. The second kappa shape index (κ2) is 4.89. The van der Waals surface area contributed by atoms with Crippen molar-refractivity contribution in [3.63, 3.8) is 0 Å². The van der Waals surface area contributed by atoms with Crippen LogP contribution < -0.4 is 5.32 Å². The molecule has 0 aliphatic rings. The second-order valence-corrected chi connectivity index (χ2v) is 3.36. The second-order valence-electron chi connectivity index (χ2n) is 2.80. The number of rotatable bonds is 2. The molecule has 0 aromatic heterocycles. The highest BCUT2D eigenvalue weighted by atomic mass is 79.9. The predicted molar refractivity (Wildman–Crippen MR) is 57.1 cm³/mol. The first kappa shape index (κ1) is 11.7. The first-order chi connectivity index (χ1) is 7.13. The first-order valence-corrected chi connectivity index (χ1v) is 5.26. The lowest BCUT2D eigenvalue weighted by Gasteiger charge is -2.07. The number of benzene rings is 1. The largest absolute Gasteiger partial charge is 0.355 e. The third kappa shape index (κ3) is 2.34. The number of nitrogens with zero attached hydrogens (tertiary/aromatic N) is 1. The van der Waals surface area contributed by atoms with Gasteiger partial charge in [-0.3, -0.25) is 4.79 Å². The number of alkyl halides is 1. The predicted octanol–water partition coefficient (Wildman–Crippen LogP) is 1.95. The van der Waals surface area contributed by atoms with E-state index >= 15 is 0 Å². The van der Waals surface area contributed by atoms with Gasteiger partial charge in [0.25, 0.3) is 5.91 Å².